The number of carbonyl (C=O) groups excluding carboxylic acids is 2. The molecule has 116 valence electrons. The topological polar surface area (TPSA) is 99.9 Å². The van der Waals surface area contributed by atoms with Gasteiger partial charge in [0.05, 0.1) is 11.8 Å². The van der Waals surface area contributed by atoms with Crippen molar-refractivity contribution >= 4 is 17.8 Å². The van der Waals surface area contributed by atoms with Crippen molar-refractivity contribution in [2.45, 2.75) is 26.8 Å². The zero-order valence-corrected chi connectivity index (χ0v) is 12.3. The zero-order valence-electron chi connectivity index (χ0n) is 12.3. The van der Waals surface area contributed by atoms with Crippen molar-refractivity contribution < 1.29 is 23.9 Å². The maximum atomic E-state index is 12.2. The van der Waals surface area contributed by atoms with Crippen molar-refractivity contribution in [1.29, 1.82) is 0 Å². The first-order valence-electron chi connectivity index (χ1n) is 6.65. The van der Waals surface area contributed by atoms with E-state index in [1.807, 2.05) is 13.8 Å². The van der Waals surface area contributed by atoms with Gasteiger partial charge in [-0.2, -0.15) is 0 Å². The van der Waals surface area contributed by atoms with E-state index >= 15 is 0 Å². The summed E-state index contributed by atoms with van der Waals surface area (Å²) in [4.78, 5) is 36.1. The molecule has 1 aromatic rings. The molecular formula is C14H20N2O5. The van der Waals surface area contributed by atoms with Crippen molar-refractivity contribution in [3.05, 3.63) is 24.2 Å². The molecule has 1 atom stereocenters. The van der Waals surface area contributed by atoms with Gasteiger partial charge in [-0.05, 0) is 18.9 Å². The summed E-state index contributed by atoms with van der Waals surface area (Å²) in [6.07, 6.45) is 2.63. The highest BCUT2D eigenvalue weighted by atomic mass is 16.4. The van der Waals surface area contributed by atoms with Crippen LogP contribution in [0.15, 0.2) is 23.0 Å². The summed E-state index contributed by atoms with van der Waals surface area (Å²) in [7, 11) is 0. The Morgan fingerprint density at radius 3 is 2.48 bits per heavy atom. The van der Waals surface area contributed by atoms with Gasteiger partial charge in [0.25, 0.3) is 5.91 Å². The van der Waals surface area contributed by atoms with Crippen molar-refractivity contribution in [2.75, 3.05) is 13.1 Å². The fourth-order valence-electron chi connectivity index (χ4n) is 1.85. The molecule has 2 amide bonds. The fraction of sp³-hybridized carbons (Fsp3) is 0.500. The van der Waals surface area contributed by atoms with E-state index in [1.165, 1.54) is 30.4 Å². The maximum absolute atomic E-state index is 12.2. The number of hydrogen-bond donors (Lipinski definition) is 2. The molecule has 0 aromatic carbocycles. The van der Waals surface area contributed by atoms with Crippen LogP contribution in [0.5, 0.6) is 0 Å². The molecule has 1 aromatic heterocycles. The minimum absolute atomic E-state index is 0.130. The molecule has 7 heteroatoms. The normalized spacial score (nSPS) is 12.0. The average Bonchev–Trinajstić information content (AvgIpc) is 2.89. The van der Waals surface area contributed by atoms with E-state index in [2.05, 4.69) is 5.32 Å². The first-order chi connectivity index (χ1) is 9.81. The van der Waals surface area contributed by atoms with Crippen LogP contribution in [0.4, 0.5) is 0 Å². The molecule has 0 saturated heterocycles. The number of carboxylic acids is 1. The number of carbonyl (C=O) groups is 3. The average molecular weight is 296 g/mol. The Kier molecular flexibility index (Phi) is 5.95. The van der Waals surface area contributed by atoms with Crippen LogP contribution >= 0.6 is 0 Å². The lowest BCUT2D eigenvalue weighted by atomic mass is 10.1. The number of amides is 2. The molecular weight excluding hydrogens is 276 g/mol. The van der Waals surface area contributed by atoms with E-state index in [4.69, 9.17) is 9.52 Å². The third-order valence-corrected chi connectivity index (χ3v) is 2.72. The number of hydrogen-bond acceptors (Lipinski definition) is 4. The third kappa shape index (κ3) is 5.29. The van der Waals surface area contributed by atoms with E-state index in [0.717, 1.165) is 0 Å². The molecule has 1 unspecified atom stereocenters. The van der Waals surface area contributed by atoms with Gasteiger partial charge in [-0.15, -0.1) is 0 Å². The summed E-state index contributed by atoms with van der Waals surface area (Å²) < 4.78 is 4.80. The van der Waals surface area contributed by atoms with Gasteiger partial charge < -0.3 is 19.7 Å². The fourth-order valence-corrected chi connectivity index (χ4v) is 1.85. The molecule has 2 N–H and O–H groups in total. The van der Waals surface area contributed by atoms with Crippen LogP contribution in [0.1, 0.15) is 31.1 Å². The molecule has 21 heavy (non-hydrogen) atoms. The van der Waals surface area contributed by atoms with Gasteiger partial charge in [-0.25, -0.2) is 0 Å². The SMILES string of the molecule is CC(C)CN(CC(=O)O)C(=O)C(C)NC(=O)c1ccoc1. The molecule has 7 nitrogen and oxygen atoms in total. The first-order valence-corrected chi connectivity index (χ1v) is 6.65. The van der Waals surface area contributed by atoms with E-state index < -0.39 is 23.8 Å². The van der Waals surface area contributed by atoms with Crippen LogP contribution in [-0.2, 0) is 9.59 Å². The van der Waals surface area contributed by atoms with Gasteiger partial charge in [0.15, 0.2) is 0 Å². The highest BCUT2D eigenvalue weighted by molar-refractivity contribution is 5.97. The van der Waals surface area contributed by atoms with Gasteiger partial charge in [0.2, 0.25) is 5.91 Å². The van der Waals surface area contributed by atoms with Crippen molar-refractivity contribution in [3.8, 4) is 0 Å². The Morgan fingerprint density at radius 1 is 1.33 bits per heavy atom. The Labute approximate surface area is 122 Å². The van der Waals surface area contributed by atoms with Gasteiger partial charge >= 0.3 is 5.97 Å². The Hall–Kier alpha value is -2.31. The van der Waals surface area contributed by atoms with Crippen molar-refractivity contribution in [1.82, 2.24) is 10.2 Å². The summed E-state index contributed by atoms with van der Waals surface area (Å²) in [5.41, 5.74) is 0.309. The molecule has 0 fully saturated rings. The quantitative estimate of drug-likeness (QED) is 0.781. The Bertz CT molecular complexity index is 495. The lowest BCUT2D eigenvalue weighted by molar-refractivity contribution is -0.145. The maximum Gasteiger partial charge on any atom is 0.323 e. The van der Waals surface area contributed by atoms with E-state index in [-0.39, 0.29) is 12.5 Å². The summed E-state index contributed by atoms with van der Waals surface area (Å²) >= 11 is 0. The third-order valence-electron chi connectivity index (χ3n) is 2.72. The molecule has 1 rings (SSSR count). The second-order valence-electron chi connectivity index (χ2n) is 5.21. The molecule has 0 aliphatic carbocycles. The molecule has 0 radical (unpaired) electrons. The van der Waals surface area contributed by atoms with Crippen LogP contribution in [0.2, 0.25) is 0 Å². The monoisotopic (exact) mass is 296 g/mol. The van der Waals surface area contributed by atoms with E-state index in [0.29, 0.717) is 12.1 Å². The molecule has 1 heterocycles. The van der Waals surface area contributed by atoms with Gasteiger partial charge in [-0.1, -0.05) is 13.8 Å². The highest BCUT2D eigenvalue weighted by Gasteiger charge is 2.24. The van der Waals surface area contributed by atoms with E-state index in [1.54, 1.807) is 0 Å². The van der Waals surface area contributed by atoms with Crippen LogP contribution in [0.3, 0.4) is 0 Å². The van der Waals surface area contributed by atoms with Gasteiger partial charge in [0.1, 0.15) is 18.8 Å². The largest absolute Gasteiger partial charge is 0.480 e. The number of carboxylic acid groups (broad SMARTS) is 1. The minimum Gasteiger partial charge on any atom is -0.480 e. The van der Waals surface area contributed by atoms with Crippen LogP contribution in [0.25, 0.3) is 0 Å². The number of furan rings is 1. The number of nitrogens with zero attached hydrogens (tertiary/aromatic N) is 1. The number of nitrogens with one attached hydrogen (secondary N) is 1. The second kappa shape index (κ2) is 7.47. The minimum atomic E-state index is -1.09. The molecule has 0 spiro atoms. The van der Waals surface area contributed by atoms with Gasteiger partial charge in [-0.3, -0.25) is 14.4 Å². The number of rotatable bonds is 7. The standard InChI is InChI=1S/C14H20N2O5/c1-9(2)6-16(7-12(17)18)14(20)10(3)15-13(19)11-4-5-21-8-11/h4-5,8-10H,6-7H2,1-3H3,(H,15,19)(H,17,18). The zero-order chi connectivity index (χ0) is 16.0. The molecule has 0 aliphatic rings. The lowest BCUT2D eigenvalue weighted by Crippen LogP contribution is -2.49. The van der Waals surface area contributed by atoms with Crippen LogP contribution in [-0.4, -0.2) is 46.9 Å². The molecule has 0 saturated carbocycles. The molecule has 0 bridgehead atoms. The smallest absolute Gasteiger partial charge is 0.323 e. The van der Waals surface area contributed by atoms with Crippen molar-refractivity contribution in [3.63, 3.8) is 0 Å². The molecule has 0 aliphatic heterocycles. The first kappa shape index (κ1) is 16.7. The van der Waals surface area contributed by atoms with Crippen LogP contribution < -0.4 is 5.32 Å². The summed E-state index contributed by atoms with van der Waals surface area (Å²) in [6.45, 7) is 5.23. The number of aliphatic carboxylic acids is 1. The summed E-state index contributed by atoms with van der Waals surface area (Å²) in [6, 6.07) is 0.667. The predicted molar refractivity (Wildman–Crippen MR) is 74.7 cm³/mol. The van der Waals surface area contributed by atoms with Gasteiger partial charge in [0, 0.05) is 6.54 Å². The lowest BCUT2D eigenvalue weighted by Gasteiger charge is -2.26. The highest BCUT2D eigenvalue weighted by Crippen LogP contribution is 2.04. The predicted octanol–water partition coefficient (Wildman–Crippen LogP) is 0.967. The van der Waals surface area contributed by atoms with E-state index in [9.17, 15) is 14.4 Å². The van der Waals surface area contributed by atoms with Crippen molar-refractivity contribution in [2.24, 2.45) is 5.92 Å². The van der Waals surface area contributed by atoms with Crippen LogP contribution in [0, 0.1) is 5.92 Å². The summed E-state index contributed by atoms with van der Waals surface area (Å²) in [5.74, 6) is -1.82. The second-order valence-corrected chi connectivity index (χ2v) is 5.21. The Balaban J connectivity index is 2.68. The summed E-state index contributed by atoms with van der Waals surface area (Å²) in [5, 5.41) is 11.4. The Morgan fingerprint density at radius 2 is 2.00 bits per heavy atom.